The molecule has 0 unspecified atom stereocenters. The maximum atomic E-state index is 12.0. The smallest absolute Gasteiger partial charge is 0.258 e. The Hall–Kier alpha value is -2.31. The third kappa shape index (κ3) is 2.83. The molecule has 0 spiro atoms. The number of aromatic nitrogens is 4. The number of para-hydroxylation sites is 1. The highest BCUT2D eigenvalue weighted by Gasteiger charge is 2.07. The Morgan fingerprint density at radius 3 is 2.83 bits per heavy atom. The molecule has 0 aliphatic heterocycles. The Bertz CT molecular complexity index is 1070. The molecule has 23 heavy (non-hydrogen) atoms. The number of H-pyrrole nitrogens is 2. The van der Waals surface area contributed by atoms with Gasteiger partial charge in [0.25, 0.3) is 5.56 Å². The van der Waals surface area contributed by atoms with Crippen molar-refractivity contribution >= 4 is 45.3 Å². The van der Waals surface area contributed by atoms with Gasteiger partial charge in [0, 0.05) is 5.02 Å². The Morgan fingerprint density at radius 1 is 1.04 bits per heavy atom. The molecule has 0 atom stereocenters. The summed E-state index contributed by atoms with van der Waals surface area (Å²) >= 11 is 7.45. The van der Waals surface area contributed by atoms with E-state index < -0.39 is 0 Å². The van der Waals surface area contributed by atoms with E-state index >= 15 is 0 Å². The largest absolute Gasteiger partial charge is 0.333 e. The Morgan fingerprint density at radius 2 is 1.91 bits per heavy atom. The predicted molar refractivity (Wildman–Crippen MR) is 93.0 cm³/mol. The second-order valence-corrected chi connectivity index (χ2v) is 6.42. The molecule has 0 saturated heterocycles. The van der Waals surface area contributed by atoms with Gasteiger partial charge >= 0.3 is 0 Å². The molecule has 2 aromatic heterocycles. The van der Waals surface area contributed by atoms with E-state index in [1.807, 2.05) is 36.4 Å². The maximum absolute atomic E-state index is 12.0. The van der Waals surface area contributed by atoms with E-state index in [-0.39, 0.29) is 5.56 Å². The van der Waals surface area contributed by atoms with E-state index in [0.29, 0.717) is 27.5 Å². The van der Waals surface area contributed by atoms with Crippen LogP contribution >= 0.6 is 23.4 Å². The Balaban J connectivity index is 1.61. The first-order valence-electron chi connectivity index (χ1n) is 6.95. The number of imidazole rings is 1. The minimum Gasteiger partial charge on any atom is -0.333 e. The van der Waals surface area contributed by atoms with Gasteiger partial charge in [0.15, 0.2) is 5.16 Å². The van der Waals surface area contributed by atoms with Crippen LogP contribution in [0.25, 0.3) is 21.9 Å². The van der Waals surface area contributed by atoms with Crippen LogP contribution in [-0.4, -0.2) is 19.9 Å². The van der Waals surface area contributed by atoms with E-state index in [0.717, 1.165) is 16.2 Å². The van der Waals surface area contributed by atoms with Crippen molar-refractivity contribution in [2.24, 2.45) is 0 Å². The molecule has 0 aliphatic carbocycles. The summed E-state index contributed by atoms with van der Waals surface area (Å²) in [6.07, 6.45) is 0. The van der Waals surface area contributed by atoms with Gasteiger partial charge in [0.05, 0.1) is 27.7 Å². The number of rotatable bonds is 3. The highest BCUT2D eigenvalue weighted by atomic mass is 35.5. The number of nitrogens with zero attached hydrogens (tertiary/aromatic N) is 2. The van der Waals surface area contributed by atoms with E-state index in [1.165, 1.54) is 11.8 Å². The molecule has 5 nitrogen and oxygen atoms in total. The van der Waals surface area contributed by atoms with Gasteiger partial charge < -0.3 is 9.97 Å². The van der Waals surface area contributed by atoms with Crippen molar-refractivity contribution in [2.75, 3.05) is 0 Å². The summed E-state index contributed by atoms with van der Waals surface area (Å²) in [5, 5.41) is 2.02. The number of benzene rings is 2. The molecule has 114 valence electrons. The second kappa shape index (κ2) is 5.72. The number of hydrogen-bond donors (Lipinski definition) is 2. The summed E-state index contributed by atoms with van der Waals surface area (Å²) in [4.78, 5) is 27.0. The van der Waals surface area contributed by atoms with Crippen LogP contribution < -0.4 is 5.56 Å². The minimum absolute atomic E-state index is 0.123. The number of thioether (sulfide) groups is 1. The topological polar surface area (TPSA) is 74.4 Å². The van der Waals surface area contributed by atoms with Gasteiger partial charge in [0.1, 0.15) is 5.82 Å². The zero-order chi connectivity index (χ0) is 15.8. The van der Waals surface area contributed by atoms with Crippen molar-refractivity contribution in [1.29, 1.82) is 0 Å². The van der Waals surface area contributed by atoms with Gasteiger partial charge in [-0.15, -0.1) is 0 Å². The summed E-state index contributed by atoms with van der Waals surface area (Å²) in [5.41, 5.74) is 2.32. The molecular weight excluding hydrogens is 332 g/mol. The van der Waals surface area contributed by atoms with Gasteiger partial charge in [-0.1, -0.05) is 35.5 Å². The van der Waals surface area contributed by atoms with Crippen LogP contribution in [0.5, 0.6) is 0 Å². The van der Waals surface area contributed by atoms with Gasteiger partial charge in [-0.2, -0.15) is 0 Å². The van der Waals surface area contributed by atoms with E-state index in [1.54, 1.807) is 6.07 Å². The van der Waals surface area contributed by atoms with Crippen LogP contribution in [0.3, 0.4) is 0 Å². The average molecular weight is 343 g/mol. The fourth-order valence-corrected chi connectivity index (χ4v) is 3.29. The summed E-state index contributed by atoms with van der Waals surface area (Å²) in [5.74, 6) is 1.14. The molecule has 0 amide bonds. The van der Waals surface area contributed by atoms with Crippen molar-refractivity contribution in [3.8, 4) is 0 Å². The Labute approximate surface area is 140 Å². The zero-order valence-electron chi connectivity index (χ0n) is 11.8. The van der Waals surface area contributed by atoms with Crippen molar-refractivity contribution in [3.05, 3.63) is 63.7 Å². The fourth-order valence-electron chi connectivity index (χ4n) is 2.37. The first kappa shape index (κ1) is 14.3. The molecule has 0 radical (unpaired) electrons. The molecule has 4 rings (SSSR count). The molecule has 0 saturated carbocycles. The molecule has 2 heterocycles. The number of nitrogens with one attached hydrogen (secondary N) is 2. The fraction of sp³-hybridized carbons (Fsp3) is 0.0625. The minimum atomic E-state index is -0.123. The molecule has 0 aliphatic rings. The summed E-state index contributed by atoms with van der Waals surface area (Å²) in [7, 11) is 0. The molecule has 0 bridgehead atoms. The molecule has 2 aromatic carbocycles. The summed E-state index contributed by atoms with van der Waals surface area (Å²) in [6.45, 7) is 0. The SMILES string of the molecule is O=c1[nH]c(CSc2nc3ccc(Cl)cc3[nH]2)nc2ccccc12. The maximum Gasteiger partial charge on any atom is 0.258 e. The van der Waals surface area contributed by atoms with Crippen LogP contribution in [0.15, 0.2) is 52.4 Å². The highest BCUT2D eigenvalue weighted by Crippen LogP contribution is 2.24. The molecule has 2 N–H and O–H groups in total. The van der Waals surface area contributed by atoms with Gasteiger partial charge in [-0.3, -0.25) is 4.79 Å². The van der Waals surface area contributed by atoms with Crippen molar-refractivity contribution in [2.45, 2.75) is 10.9 Å². The first-order valence-corrected chi connectivity index (χ1v) is 8.31. The van der Waals surface area contributed by atoms with Crippen LogP contribution in [0.1, 0.15) is 5.82 Å². The van der Waals surface area contributed by atoms with E-state index in [4.69, 9.17) is 11.6 Å². The lowest BCUT2D eigenvalue weighted by Gasteiger charge is -2.01. The van der Waals surface area contributed by atoms with Crippen molar-refractivity contribution in [3.63, 3.8) is 0 Å². The molecule has 4 aromatic rings. The normalized spacial score (nSPS) is 11.3. The van der Waals surface area contributed by atoms with Gasteiger partial charge in [-0.25, -0.2) is 9.97 Å². The lowest BCUT2D eigenvalue weighted by Crippen LogP contribution is -2.11. The zero-order valence-corrected chi connectivity index (χ0v) is 13.4. The summed E-state index contributed by atoms with van der Waals surface area (Å²) < 4.78 is 0. The Kier molecular flexibility index (Phi) is 3.55. The molecule has 7 heteroatoms. The van der Waals surface area contributed by atoms with Crippen LogP contribution in [0, 0.1) is 0 Å². The lowest BCUT2D eigenvalue weighted by molar-refractivity contribution is 1.02. The third-order valence-electron chi connectivity index (χ3n) is 3.43. The monoisotopic (exact) mass is 342 g/mol. The highest BCUT2D eigenvalue weighted by molar-refractivity contribution is 7.98. The predicted octanol–water partition coefficient (Wildman–Crippen LogP) is 3.75. The second-order valence-electron chi connectivity index (χ2n) is 5.02. The first-order chi connectivity index (χ1) is 11.2. The average Bonchev–Trinajstić information content (AvgIpc) is 2.95. The standard InChI is InChI=1S/C16H11ClN4OS/c17-9-5-6-12-13(7-9)20-16(19-12)23-8-14-18-11-4-2-1-3-10(11)15(22)21-14/h1-7H,8H2,(H,19,20)(H,18,21,22). The summed E-state index contributed by atoms with van der Waals surface area (Å²) in [6, 6.07) is 12.8. The van der Waals surface area contributed by atoms with Crippen LogP contribution in [0.2, 0.25) is 5.02 Å². The van der Waals surface area contributed by atoms with Crippen molar-refractivity contribution < 1.29 is 0 Å². The lowest BCUT2D eigenvalue weighted by atomic mass is 10.2. The van der Waals surface area contributed by atoms with E-state index in [2.05, 4.69) is 19.9 Å². The van der Waals surface area contributed by atoms with Gasteiger partial charge in [-0.05, 0) is 30.3 Å². The van der Waals surface area contributed by atoms with Crippen LogP contribution in [-0.2, 0) is 5.75 Å². The van der Waals surface area contributed by atoms with Crippen molar-refractivity contribution in [1.82, 2.24) is 19.9 Å². The van der Waals surface area contributed by atoms with Crippen LogP contribution in [0.4, 0.5) is 0 Å². The number of halogens is 1. The number of fused-ring (bicyclic) bond motifs is 2. The van der Waals surface area contributed by atoms with Gasteiger partial charge in [0.2, 0.25) is 0 Å². The quantitative estimate of drug-likeness (QED) is 0.556. The van der Waals surface area contributed by atoms with E-state index in [9.17, 15) is 4.79 Å². The number of aromatic amines is 2. The third-order valence-corrected chi connectivity index (χ3v) is 4.55. The molecular formula is C16H11ClN4OS. The number of hydrogen-bond acceptors (Lipinski definition) is 4. The molecule has 0 fully saturated rings.